The minimum absolute atomic E-state index is 0.0297. The molecule has 1 aromatic heterocycles. The molecule has 1 aliphatic rings. The molecule has 0 N–H and O–H groups in total. The maximum atomic E-state index is 12.8. The van der Waals surface area contributed by atoms with Crippen LogP contribution in [0.1, 0.15) is 39.0 Å². The molecule has 0 aromatic carbocycles. The third kappa shape index (κ3) is 3.09. The van der Waals surface area contributed by atoms with Crippen molar-refractivity contribution in [2.75, 3.05) is 6.54 Å². The summed E-state index contributed by atoms with van der Waals surface area (Å²) >= 11 is 0. The van der Waals surface area contributed by atoms with E-state index in [1.54, 1.807) is 7.05 Å². The van der Waals surface area contributed by atoms with Gasteiger partial charge in [0, 0.05) is 26.1 Å². The molecule has 7 heteroatoms. The summed E-state index contributed by atoms with van der Waals surface area (Å²) in [5.74, 6) is 0.0297. The minimum atomic E-state index is -3.59. The van der Waals surface area contributed by atoms with E-state index in [2.05, 4.69) is 5.10 Å². The van der Waals surface area contributed by atoms with Crippen molar-refractivity contribution < 1.29 is 13.2 Å². The average molecular weight is 299 g/mol. The van der Waals surface area contributed by atoms with Gasteiger partial charge in [-0.3, -0.25) is 9.48 Å². The molecule has 1 unspecified atom stereocenters. The molecule has 2 rings (SSSR count). The van der Waals surface area contributed by atoms with Crippen molar-refractivity contribution >= 4 is 15.8 Å². The normalized spacial score (nSPS) is 21.6. The molecule has 0 aliphatic carbocycles. The largest absolute Gasteiger partial charge is 0.300 e. The van der Waals surface area contributed by atoms with Gasteiger partial charge >= 0.3 is 0 Å². The van der Waals surface area contributed by atoms with E-state index in [0.717, 1.165) is 25.7 Å². The molecule has 1 saturated heterocycles. The Balaban J connectivity index is 2.35. The highest BCUT2D eigenvalue weighted by atomic mass is 32.2. The zero-order valence-electron chi connectivity index (χ0n) is 11.9. The van der Waals surface area contributed by atoms with E-state index in [-0.39, 0.29) is 23.3 Å². The fraction of sp³-hybridized carbons (Fsp3) is 0.692. The number of ketones is 1. The van der Waals surface area contributed by atoms with Crippen molar-refractivity contribution in [1.82, 2.24) is 14.1 Å². The van der Waals surface area contributed by atoms with Crippen molar-refractivity contribution in [1.29, 1.82) is 0 Å². The van der Waals surface area contributed by atoms with E-state index in [0.29, 0.717) is 6.54 Å². The summed E-state index contributed by atoms with van der Waals surface area (Å²) < 4.78 is 28.4. The van der Waals surface area contributed by atoms with Crippen LogP contribution >= 0.6 is 0 Å². The Kier molecular flexibility index (Phi) is 4.59. The van der Waals surface area contributed by atoms with Crippen molar-refractivity contribution in [3.8, 4) is 0 Å². The van der Waals surface area contributed by atoms with Crippen LogP contribution in [0.4, 0.5) is 0 Å². The number of hydrogen-bond acceptors (Lipinski definition) is 4. The van der Waals surface area contributed by atoms with Crippen molar-refractivity contribution in [2.45, 2.75) is 50.1 Å². The van der Waals surface area contributed by atoms with Crippen molar-refractivity contribution in [3.05, 3.63) is 12.3 Å². The van der Waals surface area contributed by atoms with Crippen LogP contribution in [0.5, 0.6) is 0 Å². The van der Waals surface area contributed by atoms with Crippen LogP contribution < -0.4 is 0 Å². The summed E-state index contributed by atoms with van der Waals surface area (Å²) in [6.45, 7) is 1.99. The number of Topliss-reactive ketones (excluding diaryl/α,β-unsaturated/α-hetero) is 1. The van der Waals surface area contributed by atoms with Crippen molar-refractivity contribution in [3.63, 3.8) is 0 Å². The monoisotopic (exact) mass is 299 g/mol. The number of aromatic nitrogens is 2. The number of nitrogens with zero attached hydrogens (tertiary/aromatic N) is 3. The topological polar surface area (TPSA) is 72.3 Å². The van der Waals surface area contributed by atoms with E-state index >= 15 is 0 Å². The zero-order chi connectivity index (χ0) is 14.8. The molecule has 1 aliphatic heterocycles. The van der Waals surface area contributed by atoms with Gasteiger partial charge in [-0.1, -0.05) is 12.8 Å². The van der Waals surface area contributed by atoms with Gasteiger partial charge in [-0.2, -0.15) is 9.40 Å². The van der Waals surface area contributed by atoms with E-state index in [9.17, 15) is 13.2 Å². The molecule has 20 heavy (non-hydrogen) atoms. The molecule has 0 spiro atoms. The number of rotatable bonds is 4. The van der Waals surface area contributed by atoms with Crippen molar-refractivity contribution in [2.24, 2.45) is 7.05 Å². The lowest BCUT2D eigenvalue weighted by atomic mass is 10.1. The fourth-order valence-electron chi connectivity index (χ4n) is 2.74. The summed E-state index contributed by atoms with van der Waals surface area (Å²) in [5.41, 5.74) is 0. The SMILES string of the molecule is CC(=O)CC1CCCCCN1S(=O)(=O)c1ccnn1C. The van der Waals surface area contributed by atoms with Crippen LogP contribution in [0, 0.1) is 0 Å². The molecular formula is C13H21N3O3S. The molecule has 0 bridgehead atoms. The number of sulfonamides is 1. The first-order valence-electron chi connectivity index (χ1n) is 6.92. The lowest BCUT2D eigenvalue weighted by molar-refractivity contribution is -0.117. The average Bonchev–Trinajstić information content (AvgIpc) is 2.65. The lowest BCUT2D eigenvalue weighted by Crippen LogP contribution is -2.41. The standard InChI is InChI=1S/C13H21N3O3S/c1-11(17)10-12-6-4-3-5-9-16(12)20(18,19)13-7-8-14-15(13)2/h7-8,12H,3-6,9-10H2,1-2H3. The Morgan fingerprint density at radius 2 is 2.15 bits per heavy atom. The number of aryl methyl sites for hydroxylation is 1. The predicted molar refractivity (Wildman–Crippen MR) is 74.7 cm³/mol. The van der Waals surface area contributed by atoms with Gasteiger partial charge in [-0.15, -0.1) is 0 Å². The Morgan fingerprint density at radius 1 is 1.40 bits per heavy atom. The van der Waals surface area contributed by atoms with E-state index in [1.165, 1.54) is 28.2 Å². The molecule has 6 nitrogen and oxygen atoms in total. The third-order valence-electron chi connectivity index (χ3n) is 3.70. The van der Waals surface area contributed by atoms with Crippen LogP contribution in [0.3, 0.4) is 0 Å². The maximum Gasteiger partial charge on any atom is 0.260 e. The van der Waals surface area contributed by atoms with Gasteiger partial charge in [0.25, 0.3) is 10.0 Å². The fourth-order valence-corrected chi connectivity index (χ4v) is 4.53. The number of carbonyl (C=O) groups is 1. The highest BCUT2D eigenvalue weighted by molar-refractivity contribution is 7.89. The van der Waals surface area contributed by atoms with Gasteiger partial charge < -0.3 is 0 Å². The van der Waals surface area contributed by atoms with E-state index in [4.69, 9.17) is 0 Å². The first-order valence-corrected chi connectivity index (χ1v) is 8.36. The summed E-state index contributed by atoms with van der Waals surface area (Å²) in [6.07, 6.45) is 5.32. The number of hydrogen-bond donors (Lipinski definition) is 0. The maximum absolute atomic E-state index is 12.8. The Labute approximate surface area is 119 Å². The quantitative estimate of drug-likeness (QED) is 0.841. The Morgan fingerprint density at radius 3 is 2.75 bits per heavy atom. The second-order valence-corrected chi connectivity index (χ2v) is 7.16. The predicted octanol–water partition coefficient (Wildman–Crippen LogP) is 1.33. The van der Waals surface area contributed by atoms with Gasteiger partial charge in [0.05, 0.1) is 6.20 Å². The molecule has 1 aromatic rings. The molecule has 2 heterocycles. The molecule has 0 amide bonds. The Bertz CT molecular complexity index is 579. The first kappa shape index (κ1) is 15.2. The first-order chi connectivity index (χ1) is 9.43. The second kappa shape index (κ2) is 6.05. The molecule has 112 valence electrons. The second-order valence-electron chi connectivity index (χ2n) is 5.32. The van der Waals surface area contributed by atoms with Crippen LogP contribution in [-0.4, -0.2) is 40.9 Å². The molecule has 1 fully saturated rings. The van der Waals surface area contributed by atoms with Gasteiger partial charge in [-0.05, 0) is 25.8 Å². The summed E-state index contributed by atoms with van der Waals surface area (Å²) in [7, 11) is -1.97. The van der Waals surface area contributed by atoms with Crippen LogP contribution in [-0.2, 0) is 21.9 Å². The van der Waals surface area contributed by atoms with Gasteiger partial charge in [0.1, 0.15) is 5.78 Å². The van der Waals surface area contributed by atoms with Gasteiger partial charge in [0.2, 0.25) is 0 Å². The zero-order valence-corrected chi connectivity index (χ0v) is 12.8. The molecular weight excluding hydrogens is 278 g/mol. The number of carbonyl (C=O) groups excluding carboxylic acids is 1. The molecule has 1 atom stereocenters. The summed E-state index contributed by atoms with van der Waals surface area (Å²) in [4.78, 5) is 11.4. The molecule has 0 radical (unpaired) electrons. The molecule has 0 saturated carbocycles. The summed E-state index contributed by atoms with van der Waals surface area (Å²) in [6, 6.07) is 1.28. The van der Waals surface area contributed by atoms with Gasteiger partial charge in [0.15, 0.2) is 5.03 Å². The van der Waals surface area contributed by atoms with Crippen LogP contribution in [0.15, 0.2) is 17.3 Å². The third-order valence-corrected chi connectivity index (χ3v) is 5.72. The summed E-state index contributed by atoms with van der Waals surface area (Å²) in [5, 5.41) is 4.12. The highest BCUT2D eigenvalue weighted by Gasteiger charge is 2.34. The van der Waals surface area contributed by atoms with Crippen LogP contribution in [0.2, 0.25) is 0 Å². The van der Waals surface area contributed by atoms with E-state index < -0.39 is 10.0 Å². The van der Waals surface area contributed by atoms with Gasteiger partial charge in [-0.25, -0.2) is 8.42 Å². The highest BCUT2D eigenvalue weighted by Crippen LogP contribution is 2.26. The smallest absolute Gasteiger partial charge is 0.260 e. The minimum Gasteiger partial charge on any atom is -0.300 e. The van der Waals surface area contributed by atoms with E-state index in [1.807, 2.05) is 0 Å². The Hall–Kier alpha value is -1.21. The lowest BCUT2D eigenvalue weighted by Gasteiger charge is -2.28. The van der Waals surface area contributed by atoms with Crippen LogP contribution in [0.25, 0.3) is 0 Å².